The fourth-order valence-electron chi connectivity index (χ4n) is 4.19. The van der Waals surface area contributed by atoms with Crippen LogP contribution in [0.3, 0.4) is 0 Å². The lowest BCUT2D eigenvalue weighted by Crippen LogP contribution is -2.64. The summed E-state index contributed by atoms with van der Waals surface area (Å²) < 4.78 is 6.97. The van der Waals surface area contributed by atoms with Gasteiger partial charge in [-0.05, 0) is 34.7 Å². The van der Waals surface area contributed by atoms with Gasteiger partial charge >= 0.3 is 0 Å². The van der Waals surface area contributed by atoms with Crippen molar-refractivity contribution in [1.29, 1.82) is 0 Å². The van der Waals surface area contributed by atoms with Crippen LogP contribution in [0.2, 0.25) is 5.02 Å². The van der Waals surface area contributed by atoms with Gasteiger partial charge in [0.2, 0.25) is 0 Å². The van der Waals surface area contributed by atoms with Crippen LogP contribution in [0.25, 0.3) is 11.3 Å². The number of aliphatic hydroxyl groups is 4. The predicted molar refractivity (Wildman–Crippen MR) is 141 cm³/mol. The molecule has 0 aliphatic carbocycles. The van der Waals surface area contributed by atoms with Gasteiger partial charge in [0.25, 0.3) is 5.91 Å². The summed E-state index contributed by atoms with van der Waals surface area (Å²) in [7, 11) is 0. The molecule has 2 aromatic carbocycles. The van der Waals surface area contributed by atoms with Crippen molar-refractivity contribution in [3.8, 4) is 11.3 Å². The van der Waals surface area contributed by atoms with Crippen molar-refractivity contribution in [3.63, 3.8) is 0 Å². The van der Waals surface area contributed by atoms with Gasteiger partial charge in [-0.25, -0.2) is 5.43 Å². The molecule has 38 heavy (non-hydrogen) atoms. The summed E-state index contributed by atoms with van der Waals surface area (Å²) in [6, 6.07) is 16.8. The number of halogens is 1. The minimum absolute atomic E-state index is 0.00705. The molecule has 1 fully saturated rings. The number of aromatic nitrogens is 2. The standard InChI is InChI=1S/C27H33ClN4O6/c1-27(2,3)17-8-4-15(5-9-17)13-32-20(12-19(31-32)16-6-10-18(28)11-7-16)25(37)29-30-26-24(36)23(35)22(34)21(14-33)38-26/h4-12,21-24,26,30,33-36H,13-14H2,1-3H3,(H,29,37)/t21-,22-,23+,24-,26-/m1/s1. The number of ether oxygens (including phenoxy) is 1. The number of nitrogens with zero attached hydrogens (tertiary/aromatic N) is 2. The van der Waals surface area contributed by atoms with Crippen molar-refractivity contribution in [2.24, 2.45) is 0 Å². The third-order valence-corrected chi connectivity index (χ3v) is 6.78. The molecule has 1 amide bonds. The predicted octanol–water partition coefficient (Wildman–Crippen LogP) is 1.58. The first kappa shape index (κ1) is 28.2. The summed E-state index contributed by atoms with van der Waals surface area (Å²) >= 11 is 6.03. The van der Waals surface area contributed by atoms with Crippen LogP contribution in [0.4, 0.5) is 0 Å². The lowest BCUT2D eigenvalue weighted by atomic mass is 9.87. The van der Waals surface area contributed by atoms with E-state index in [-0.39, 0.29) is 11.1 Å². The molecule has 6 N–H and O–H groups in total. The van der Waals surface area contributed by atoms with Crippen LogP contribution in [0.1, 0.15) is 42.4 Å². The molecule has 4 rings (SSSR count). The number of amides is 1. The van der Waals surface area contributed by atoms with E-state index >= 15 is 0 Å². The van der Waals surface area contributed by atoms with E-state index in [1.165, 1.54) is 5.56 Å². The van der Waals surface area contributed by atoms with Gasteiger partial charge in [-0.15, -0.1) is 0 Å². The van der Waals surface area contributed by atoms with Crippen LogP contribution in [0.15, 0.2) is 54.6 Å². The second-order valence-electron chi connectivity index (χ2n) is 10.4. The Morgan fingerprint density at radius 1 is 1.03 bits per heavy atom. The van der Waals surface area contributed by atoms with Crippen LogP contribution in [0, 0.1) is 0 Å². The number of aliphatic hydroxyl groups excluding tert-OH is 4. The van der Waals surface area contributed by atoms with Crippen LogP contribution < -0.4 is 10.9 Å². The number of hydrogen-bond acceptors (Lipinski definition) is 8. The number of hydrazine groups is 1. The molecule has 1 aromatic heterocycles. The number of carbonyl (C=O) groups is 1. The molecular formula is C27H33ClN4O6. The van der Waals surface area contributed by atoms with Gasteiger partial charge in [-0.1, -0.05) is 68.8 Å². The van der Waals surface area contributed by atoms with E-state index in [2.05, 4.69) is 48.9 Å². The normalized spacial score (nSPS) is 23.8. The number of nitrogens with one attached hydrogen (secondary N) is 2. The summed E-state index contributed by atoms with van der Waals surface area (Å²) in [6.07, 6.45) is -7.01. The van der Waals surface area contributed by atoms with Crippen LogP contribution in [-0.2, 0) is 16.7 Å². The molecule has 1 aliphatic rings. The molecule has 0 spiro atoms. The third kappa shape index (κ3) is 6.24. The lowest BCUT2D eigenvalue weighted by molar-refractivity contribution is -0.238. The van der Waals surface area contributed by atoms with Gasteiger partial charge in [0.05, 0.1) is 18.8 Å². The molecule has 1 aliphatic heterocycles. The minimum Gasteiger partial charge on any atom is -0.394 e. The maximum atomic E-state index is 13.2. The largest absolute Gasteiger partial charge is 0.394 e. The highest BCUT2D eigenvalue weighted by Crippen LogP contribution is 2.25. The van der Waals surface area contributed by atoms with Crippen molar-refractivity contribution in [1.82, 2.24) is 20.6 Å². The summed E-state index contributed by atoms with van der Waals surface area (Å²) in [5.74, 6) is -0.569. The smallest absolute Gasteiger partial charge is 0.283 e. The maximum absolute atomic E-state index is 13.2. The molecule has 11 heteroatoms. The first-order valence-corrected chi connectivity index (χ1v) is 12.7. The molecule has 204 valence electrons. The summed E-state index contributed by atoms with van der Waals surface area (Å²) in [5, 5.41) is 44.8. The van der Waals surface area contributed by atoms with E-state index in [4.69, 9.17) is 16.3 Å². The fraction of sp³-hybridized carbons (Fsp3) is 0.407. The van der Waals surface area contributed by atoms with Gasteiger partial charge in [0, 0.05) is 10.6 Å². The van der Waals surface area contributed by atoms with Gasteiger partial charge in [0.1, 0.15) is 30.1 Å². The van der Waals surface area contributed by atoms with Gasteiger partial charge < -0.3 is 25.2 Å². The van der Waals surface area contributed by atoms with Gasteiger partial charge in [-0.3, -0.25) is 14.9 Å². The third-order valence-electron chi connectivity index (χ3n) is 6.53. The van der Waals surface area contributed by atoms with Crippen molar-refractivity contribution in [2.45, 2.75) is 63.4 Å². The van der Waals surface area contributed by atoms with E-state index < -0.39 is 43.2 Å². The molecular weight excluding hydrogens is 512 g/mol. The number of benzene rings is 2. The highest BCUT2D eigenvalue weighted by atomic mass is 35.5. The molecule has 0 radical (unpaired) electrons. The minimum atomic E-state index is -1.58. The van der Waals surface area contributed by atoms with E-state index in [1.807, 2.05) is 12.1 Å². The van der Waals surface area contributed by atoms with Crippen LogP contribution in [-0.4, -0.2) is 73.4 Å². The maximum Gasteiger partial charge on any atom is 0.283 e. The average Bonchev–Trinajstić information content (AvgIpc) is 3.30. The Morgan fingerprint density at radius 2 is 1.68 bits per heavy atom. The molecule has 10 nitrogen and oxygen atoms in total. The van der Waals surface area contributed by atoms with Crippen molar-refractivity contribution in [2.75, 3.05) is 6.61 Å². The van der Waals surface area contributed by atoms with Gasteiger partial charge in [-0.2, -0.15) is 5.10 Å². The Bertz CT molecular complexity index is 1240. The molecule has 2 heterocycles. The summed E-state index contributed by atoms with van der Waals surface area (Å²) in [4.78, 5) is 13.2. The topological polar surface area (TPSA) is 149 Å². The SMILES string of the molecule is CC(C)(C)c1ccc(Cn2nc(-c3ccc(Cl)cc3)cc2C(=O)NN[C@@H]2O[C@H](CO)[C@@H](O)[C@H](O)[C@H]2O)cc1. The molecule has 3 aromatic rings. The zero-order chi connectivity index (χ0) is 27.6. The Kier molecular flexibility index (Phi) is 8.53. The zero-order valence-electron chi connectivity index (χ0n) is 21.4. The number of hydrogen-bond donors (Lipinski definition) is 6. The first-order valence-electron chi connectivity index (χ1n) is 12.3. The second kappa shape index (κ2) is 11.5. The fourth-order valence-corrected chi connectivity index (χ4v) is 4.31. The molecule has 0 bridgehead atoms. The Labute approximate surface area is 225 Å². The number of carbonyl (C=O) groups excluding carboxylic acids is 1. The van der Waals surface area contributed by atoms with E-state index in [0.29, 0.717) is 17.3 Å². The van der Waals surface area contributed by atoms with Crippen LogP contribution >= 0.6 is 11.6 Å². The van der Waals surface area contributed by atoms with E-state index in [9.17, 15) is 25.2 Å². The summed E-state index contributed by atoms with van der Waals surface area (Å²) in [6.45, 7) is 6.15. The Morgan fingerprint density at radius 3 is 2.29 bits per heavy atom. The molecule has 0 unspecified atom stereocenters. The van der Waals surface area contributed by atoms with Crippen molar-refractivity contribution in [3.05, 3.63) is 76.4 Å². The highest BCUT2D eigenvalue weighted by Gasteiger charge is 2.43. The quantitative estimate of drug-likeness (QED) is 0.246. The zero-order valence-corrected chi connectivity index (χ0v) is 22.1. The average molecular weight is 545 g/mol. The van der Waals surface area contributed by atoms with E-state index in [1.54, 1.807) is 35.0 Å². The lowest BCUT2D eigenvalue weighted by Gasteiger charge is -2.40. The van der Waals surface area contributed by atoms with Crippen LogP contribution in [0.5, 0.6) is 0 Å². The molecule has 5 atom stereocenters. The van der Waals surface area contributed by atoms with Crippen molar-refractivity contribution >= 4 is 17.5 Å². The first-order chi connectivity index (χ1) is 18.0. The van der Waals surface area contributed by atoms with Crippen molar-refractivity contribution < 1.29 is 30.0 Å². The Balaban J connectivity index is 1.57. The highest BCUT2D eigenvalue weighted by molar-refractivity contribution is 6.30. The Hall–Kier alpha value is -2.83. The molecule has 0 saturated carbocycles. The second-order valence-corrected chi connectivity index (χ2v) is 10.8. The summed E-state index contributed by atoms with van der Waals surface area (Å²) in [5.41, 5.74) is 8.72. The monoisotopic (exact) mass is 544 g/mol. The van der Waals surface area contributed by atoms with Gasteiger partial charge in [0.15, 0.2) is 6.23 Å². The molecule has 1 saturated heterocycles. The number of rotatable bonds is 7. The van der Waals surface area contributed by atoms with E-state index in [0.717, 1.165) is 11.1 Å².